The van der Waals surface area contributed by atoms with Gasteiger partial charge in [-0.3, -0.25) is 9.30 Å². The second-order valence-electron chi connectivity index (χ2n) is 4.17. The van der Waals surface area contributed by atoms with Crippen LogP contribution in [0.1, 0.15) is 13.8 Å². The van der Waals surface area contributed by atoms with Gasteiger partial charge in [-0.25, -0.2) is 8.42 Å². The van der Waals surface area contributed by atoms with Crippen molar-refractivity contribution in [3.63, 3.8) is 0 Å². The smallest absolute Gasteiger partial charge is 0.233 e. The second kappa shape index (κ2) is 5.37. The highest BCUT2D eigenvalue weighted by Gasteiger charge is 2.24. The van der Waals surface area contributed by atoms with E-state index < -0.39 is 10.0 Å². The van der Waals surface area contributed by atoms with E-state index in [4.69, 9.17) is 0 Å². The normalized spacial score (nSPS) is 21.3. The van der Waals surface area contributed by atoms with Gasteiger partial charge in [0, 0.05) is 25.4 Å². The molecule has 1 aliphatic heterocycles. The Hall–Kier alpha value is -0.270. The van der Waals surface area contributed by atoms with Crippen molar-refractivity contribution in [2.45, 2.75) is 25.9 Å². The summed E-state index contributed by atoms with van der Waals surface area (Å²) in [5.41, 5.74) is 0. The van der Waals surface area contributed by atoms with Crippen LogP contribution < -0.4 is 5.32 Å². The van der Waals surface area contributed by atoms with E-state index >= 15 is 0 Å². The van der Waals surface area contributed by atoms with Gasteiger partial charge in [0.05, 0.1) is 12.3 Å². The highest BCUT2D eigenvalue weighted by molar-refractivity contribution is 8.15. The first-order valence-corrected chi connectivity index (χ1v) is 8.02. The Labute approximate surface area is 102 Å². The van der Waals surface area contributed by atoms with Gasteiger partial charge in [0.1, 0.15) is 0 Å². The zero-order valence-electron chi connectivity index (χ0n) is 10.1. The molecular formula is C9H19N3O2S2. The number of sulfonamides is 1. The summed E-state index contributed by atoms with van der Waals surface area (Å²) in [6.07, 6.45) is 1.19. The standard InChI is InChI=1S/C9H19N3O2S2/c1-7(2)10-5-8-6-15-9(11-8)12(3)16(4,13)14/h7-8,10H,5-6H2,1-4H3. The van der Waals surface area contributed by atoms with Crippen LogP contribution in [0.2, 0.25) is 0 Å². The molecule has 0 aromatic heterocycles. The highest BCUT2D eigenvalue weighted by atomic mass is 32.2. The van der Waals surface area contributed by atoms with Crippen LogP contribution in [0.25, 0.3) is 0 Å². The third-order valence-corrected chi connectivity index (χ3v) is 4.70. The van der Waals surface area contributed by atoms with E-state index in [2.05, 4.69) is 24.2 Å². The average molecular weight is 265 g/mol. The van der Waals surface area contributed by atoms with Crippen LogP contribution in [0.3, 0.4) is 0 Å². The van der Waals surface area contributed by atoms with Crippen LogP contribution >= 0.6 is 11.8 Å². The number of aliphatic imine (C=N–C) groups is 1. The quantitative estimate of drug-likeness (QED) is 0.796. The summed E-state index contributed by atoms with van der Waals surface area (Å²) < 4.78 is 23.9. The minimum Gasteiger partial charge on any atom is -0.312 e. The number of hydrogen-bond acceptors (Lipinski definition) is 5. The van der Waals surface area contributed by atoms with E-state index in [0.717, 1.165) is 12.3 Å². The third-order valence-electron chi connectivity index (χ3n) is 2.23. The molecule has 1 N–H and O–H groups in total. The molecule has 1 rings (SSSR count). The predicted octanol–water partition coefficient (Wildman–Crippen LogP) is 0.347. The summed E-state index contributed by atoms with van der Waals surface area (Å²) in [6.45, 7) is 4.95. The van der Waals surface area contributed by atoms with Gasteiger partial charge in [-0.15, -0.1) is 0 Å². The van der Waals surface area contributed by atoms with Gasteiger partial charge in [-0.05, 0) is 0 Å². The molecular weight excluding hydrogens is 246 g/mol. The van der Waals surface area contributed by atoms with Gasteiger partial charge in [-0.2, -0.15) is 0 Å². The molecule has 1 unspecified atom stereocenters. The molecule has 16 heavy (non-hydrogen) atoms. The van der Waals surface area contributed by atoms with E-state index in [1.54, 1.807) is 7.05 Å². The lowest BCUT2D eigenvalue weighted by atomic mass is 10.3. The van der Waals surface area contributed by atoms with E-state index in [0.29, 0.717) is 11.2 Å². The first-order valence-electron chi connectivity index (χ1n) is 5.18. The molecule has 0 aliphatic carbocycles. The Kier molecular flexibility index (Phi) is 4.63. The maximum Gasteiger partial charge on any atom is 0.233 e. The first kappa shape index (κ1) is 13.8. The first-order chi connectivity index (χ1) is 7.30. The van der Waals surface area contributed by atoms with Crippen LogP contribution in [0, 0.1) is 0 Å². The maximum atomic E-state index is 11.3. The highest BCUT2D eigenvalue weighted by Crippen LogP contribution is 2.21. The van der Waals surface area contributed by atoms with Crippen molar-refractivity contribution in [3.05, 3.63) is 0 Å². The zero-order chi connectivity index (χ0) is 12.3. The molecule has 0 radical (unpaired) electrons. The second-order valence-corrected chi connectivity index (χ2v) is 7.17. The van der Waals surface area contributed by atoms with Crippen molar-refractivity contribution < 1.29 is 8.42 Å². The fraction of sp³-hybridized carbons (Fsp3) is 0.889. The lowest BCUT2D eigenvalue weighted by Crippen LogP contribution is -2.32. The molecule has 0 saturated heterocycles. The Bertz CT molecular complexity index is 365. The van der Waals surface area contributed by atoms with Crippen molar-refractivity contribution in [2.24, 2.45) is 4.99 Å². The van der Waals surface area contributed by atoms with Crippen molar-refractivity contribution in [3.8, 4) is 0 Å². The molecule has 7 heteroatoms. The fourth-order valence-corrected chi connectivity index (χ4v) is 3.03. The molecule has 0 aromatic rings. The van der Waals surface area contributed by atoms with Gasteiger partial charge < -0.3 is 5.32 Å². The molecule has 0 saturated carbocycles. The Morgan fingerprint density at radius 1 is 1.62 bits per heavy atom. The molecule has 5 nitrogen and oxygen atoms in total. The SMILES string of the molecule is CC(C)NCC1CSC(N(C)S(C)(=O)=O)=N1. The molecule has 0 amide bonds. The summed E-state index contributed by atoms with van der Waals surface area (Å²) in [5.74, 6) is 0.842. The van der Waals surface area contributed by atoms with Crippen molar-refractivity contribution in [2.75, 3.05) is 25.6 Å². The Morgan fingerprint density at radius 3 is 2.75 bits per heavy atom. The van der Waals surface area contributed by atoms with E-state index in [1.165, 1.54) is 22.3 Å². The number of nitrogens with one attached hydrogen (secondary N) is 1. The zero-order valence-corrected chi connectivity index (χ0v) is 11.7. The fourth-order valence-electron chi connectivity index (χ4n) is 1.19. The Morgan fingerprint density at radius 2 is 2.25 bits per heavy atom. The number of nitrogens with zero attached hydrogens (tertiary/aromatic N) is 2. The molecule has 0 fully saturated rings. The molecule has 1 heterocycles. The van der Waals surface area contributed by atoms with Crippen LogP contribution in [0.15, 0.2) is 4.99 Å². The van der Waals surface area contributed by atoms with Crippen molar-refractivity contribution in [1.82, 2.24) is 9.62 Å². The predicted molar refractivity (Wildman–Crippen MR) is 69.4 cm³/mol. The number of hydrogen-bond donors (Lipinski definition) is 1. The van der Waals surface area contributed by atoms with Gasteiger partial charge in [0.2, 0.25) is 10.0 Å². The monoisotopic (exact) mass is 265 g/mol. The minimum absolute atomic E-state index is 0.173. The summed E-state index contributed by atoms with van der Waals surface area (Å²) in [4.78, 5) is 4.39. The molecule has 94 valence electrons. The van der Waals surface area contributed by atoms with E-state index in [9.17, 15) is 8.42 Å². The largest absolute Gasteiger partial charge is 0.312 e. The average Bonchev–Trinajstić information content (AvgIpc) is 2.60. The maximum absolute atomic E-state index is 11.3. The van der Waals surface area contributed by atoms with Crippen molar-refractivity contribution in [1.29, 1.82) is 0 Å². The molecule has 1 atom stereocenters. The minimum atomic E-state index is -3.18. The van der Waals surface area contributed by atoms with Gasteiger partial charge >= 0.3 is 0 Å². The summed E-state index contributed by atoms with van der Waals surface area (Å²) >= 11 is 1.49. The molecule has 0 aromatic carbocycles. The van der Waals surface area contributed by atoms with Gasteiger partial charge in [-0.1, -0.05) is 25.6 Å². The number of thioether (sulfide) groups is 1. The van der Waals surface area contributed by atoms with E-state index in [-0.39, 0.29) is 6.04 Å². The molecule has 0 bridgehead atoms. The van der Waals surface area contributed by atoms with Crippen LogP contribution in [-0.2, 0) is 10.0 Å². The molecule has 1 aliphatic rings. The topological polar surface area (TPSA) is 61.8 Å². The Balaban J connectivity index is 2.56. The molecule has 0 spiro atoms. The van der Waals surface area contributed by atoms with E-state index in [1.807, 2.05) is 0 Å². The third kappa shape index (κ3) is 3.95. The van der Waals surface area contributed by atoms with Crippen LogP contribution in [0.5, 0.6) is 0 Å². The van der Waals surface area contributed by atoms with Gasteiger partial charge in [0.25, 0.3) is 0 Å². The van der Waals surface area contributed by atoms with Crippen molar-refractivity contribution >= 4 is 27.0 Å². The summed E-state index contributed by atoms with van der Waals surface area (Å²) in [5, 5.41) is 3.89. The number of rotatable bonds is 4. The van der Waals surface area contributed by atoms with Crippen LogP contribution in [-0.4, -0.2) is 55.6 Å². The lowest BCUT2D eigenvalue weighted by molar-refractivity contribution is 0.545. The number of amidine groups is 1. The van der Waals surface area contributed by atoms with Gasteiger partial charge in [0.15, 0.2) is 5.17 Å². The lowest BCUT2D eigenvalue weighted by Gasteiger charge is -2.14. The summed E-state index contributed by atoms with van der Waals surface area (Å²) in [6, 6.07) is 0.600. The summed E-state index contributed by atoms with van der Waals surface area (Å²) in [7, 11) is -1.64. The van der Waals surface area contributed by atoms with Crippen LogP contribution in [0.4, 0.5) is 0 Å².